The molecule has 1 aliphatic rings. The van der Waals surface area contributed by atoms with E-state index in [1.165, 1.54) is 0 Å². The molecular formula is C14H13N3O3. The number of hydrogen-bond acceptors (Lipinski definition) is 5. The number of carboxylic acids is 1. The average Bonchev–Trinajstić information content (AvgIpc) is 2.46. The van der Waals surface area contributed by atoms with E-state index in [1.807, 2.05) is 30.0 Å². The van der Waals surface area contributed by atoms with Gasteiger partial charge in [0.15, 0.2) is 5.82 Å². The van der Waals surface area contributed by atoms with E-state index in [-0.39, 0.29) is 6.54 Å². The predicted molar refractivity (Wildman–Crippen MR) is 72.3 cm³/mol. The van der Waals surface area contributed by atoms with Crippen LogP contribution in [-0.4, -0.2) is 33.7 Å². The van der Waals surface area contributed by atoms with Crippen LogP contribution in [0.25, 0.3) is 0 Å². The van der Waals surface area contributed by atoms with E-state index in [0.29, 0.717) is 11.6 Å². The molecule has 0 aliphatic carbocycles. The number of aromatic nitrogens is 2. The quantitative estimate of drug-likeness (QED) is 0.897. The van der Waals surface area contributed by atoms with E-state index < -0.39 is 12.1 Å². The number of anilines is 2. The minimum Gasteiger partial charge on any atom is -0.478 e. The molecule has 1 unspecified atom stereocenters. The molecule has 0 amide bonds. The van der Waals surface area contributed by atoms with Crippen molar-refractivity contribution in [1.82, 2.24) is 9.97 Å². The molecule has 0 radical (unpaired) electrons. The van der Waals surface area contributed by atoms with Crippen molar-refractivity contribution in [3.05, 3.63) is 42.4 Å². The highest BCUT2D eigenvalue weighted by atomic mass is 16.5. The maximum Gasteiger partial charge on any atom is 0.346 e. The molecule has 2 heterocycles. The number of nitrogens with zero attached hydrogens (tertiary/aromatic N) is 3. The number of carbonyl (C=O) groups is 1. The van der Waals surface area contributed by atoms with Crippen molar-refractivity contribution in [3.63, 3.8) is 0 Å². The monoisotopic (exact) mass is 271 g/mol. The Balaban J connectivity index is 2.10. The van der Waals surface area contributed by atoms with Gasteiger partial charge < -0.3 is 14.7 Å². The van der Waals surface area contributed by atoms with E-state index in [0.717, 1.165) is 11.4 Å². The number of rotatable bonds is 2. The maximum absolute atomic E-state index is 11.2. The summed E-state index contributed by atoms with van der Waals surface area (Å²) in [6, 6.07) is 7.32. The number of hydrogen-bond donors (Lipinski definition) is 1. The highest BCUT2D eigenvalue weighted by Crippen LogP contribution is 2.37. The molecule has 1 aromatic heterocycles. The lowest BCUT2D eigenvalue weighted by Gasteiger charge is -2.34. The third-order valence-corrected chi connectivity index (χ3v) is 3.16. The zero-order valence-electron chi connectivity index (χ0n) is 10.9. The molecule has 0 spiro atoms. The van der Waals surface area contributed by atoms with Crippen molar-refractivity contribution in [1.29, 1.82) is 0 Å². The van der Waals surface area contributed by atoms with Gasteiger partial charge >= 0.3 is 5.97 Å². The van der Waals surface area contributed by atoms with Crippen molar-refractivity contribution in [2.75, 3.05) is 11.4 Å². The molecule has 0 bridgehead atoms. The molecule has 0 saturated carbocycles. The van der Waals surface area contributed by atoms with Crippen LogP contribution in [0.15, 0.2) is 36.7 Å². The fourth-order valence-corrected chi connectivity index (χ4v) is 2.23. The number of carboxylic acid groups (broad SMARTS) is 1. The lowest BCUT2D eigenvalue weighted by Crippen LogP contribution is -2.42. The van der Waals surface area contributed by atoms with E-state index in [2.05, 4.69) is 9.97 Å². The van der Waals surface area contributed by atoms with Crippen molar-refractivity contribution in [2.45, 2.75) is 13.0 Å². The molecule has 0 saturated heterocycles. The Bertz CT molecular complexity index is 660. The van der Waals surface area contributed by atoms with Crippen LogP contribution < -0.4 is 9.64 Å². The number of para-hydroxylation sites is 2. The molecule has 1 atom stereocenters. The molecular weight excluding hydrogens is 258 g/mol. The van der Waals surface area contributed by atoms with Gasteiger partial charge in [0.2, 0.25) is 6.10 Å². The summed E-state index contributed by atoms with van der Waals surface area (Å²) in [5.74, 6) is 0.191. The highest BCUT2D eigenvalue weighted by molar-refractivity contribution is 5.78. The van der Waals surface area contributed by atoms with Crippen LogP contribution in [0.2, 0.25) is 0 Å². The number of fused-ring (bicyclic) bond motifs is 1. The number of aliphatic carboxylic acids is 1. The normalized spacial score (nSPS) is 17.2. The topological polar surface area (TPSA) is 75.6 Å². The standard InChI is InChI=1S/C14H13N3O3/c1-9-13(16-7-6-15-9)17-8-12(14(18)19)20-11-5-3-2-4-10(11)17/h2-7,12H,8H2,1H3,(H,18,19). The summed E-state index contributed by atoms with van der Waals surface area (Å²) in [6.45, 7) is 2.04. The zero-order chi connectivity index (χ0) is 14.1. The first-order valence-corrected chi connectivity index (χ1v) is 6.20. The van der Waals surface area contributed by atoms with Crippen molar-refractivity contribution in [2.24, 2.45) is 0 Å². The fourth-order valence-electron chi connectivity index (χ4n) is 2.23. The van der Waals surface area contributed by atoms with Gasteiger partial charge in [-0.3, -0.25) is 4.98 Å². The maximum atomic E-state index is 11.2. The summed E-state index contributed by atoms with van der Waals surface area (Å²) in [5.41, 5.74) is 1.54. The van der Waals surface area contributed by atoms with Crippen LogP contribution in [0.1, 0.15) is 5.69 Å². The SMILES string of the molecule is Cc1nccnc1N1CC(C(=O)O)Oc2ccccc21. The van der Waals surface area contributed by atoms with Crippen molar-refractivity contribution in [3.8, 4) is 5.75 Å². The number of benzene rings is 1. The third-order valence-electron chi connectivity index (χ3n) is 3.16. The summed E-state index contributed by atoms with van der Waals surface area (Å²) >= 11 is 0. The summed E-state index contributed by atoms with van der Waals surface area (Å²) < 4.78 is 5.50. The first-order chi connectivity index (χ1) is 9.66. The van der Waals surface area contributed by atoms with E-state index in [4.69, 9.17) is 4.74 Å². The predicted octanol–water partition coefficient (Wildman–Crippen LogP) is 1.77. The van der Waals surface area contributed by atoms with Crippen LogP contribution in [0, 0.1) is 6.92 Å². The number of ether oxygens (including phenoxy) is 1. The molecule has 6 nitrogen and oxygen atoms in total. The van der Waals surface area contributed by atoms with Gasteiger partial charge in [-0.2, -0.15) is 0 Å². The Morgan fingerprint density at radius 2 is 2.10 bits per heavy atom. The molecule has 102 valence electrons. The second-order valence-corrected chi connectivity index (χ2v) is 4.49. The van der Waals surface area contributed by atoms with Gasteiger partial charge in [0.05, 0.1) is 17.9 Å². The van der Waals surface area contributed by atoms with Gasteiger partial charge in [0, 0.05) is 12.4 Å². The largest absolute Gasteiger partial charge is 0.478 e. The van der Waals surface area contributed by atoms with Crippen molar-refractivity contribution >= 4 is 17.5 Å². The van der Waals surface area contributed by atoms with Gasteiger partial charge in [-0.05, 0) is 19.1 Å². The first-order valence-electron chi connectivity index (χ1n) is 6.20. The minimum atomic E-state index is -0.994. The Labute approximate surface area is 115 Å². The lowest BCUT2D eigenvalue weighted by molar-refractivity contribution is -0.144. The van der Waals surface area contributed by atoms with Crippen LogP contribution >= 0.6 is 0 Å². The van der Waals surface area contributed by atoms with Gasteiger partial charge in [0.1, 0.15) is 5.75 Å². The third kappa shape index (κ3) is 2.05. The molecule has 6 heteroatoms. The highest BCUT2D eigenvalue weighted by Gasteiger charge is 2.32. The Morgan fingerprint density at radius 3 is 2.85 bits per heavy atom. The van der Waals surface area contributed by atoms with Gasteiger partial charge in [-0.25, -0.2) is 9.78 Å². The second kappa shape index (κ2) is 4.80. The van der Waals surface area contributed by atoms with Crippen molar-refractivity contribution < 1.29 is 14.6 Å². The van der Waals surface area contributed by atoms with Crippen LogP contribution in [-0.2, 0) is 4.79 Å². The molecule has 2 aromatic rings. The van der Waals surface area contributed by atoms with Gasteiger partial charge in [0.25, 0.3) is 0 Å². The molecule has 1 aromatic carbocycles. The van der Waals surface area contributed by atoms with Gasteiger partial charge in [-0.15, -0.1) is 0 Å². The summed E-state index contributed by atoms with van der Waals surface area (Å²) in [7, 11) is 0. The first kappa shape index (κ1) is 12.4. The molecule has 1 aliphatic heterocycles. The van der Waals surface area contributed by atoms with Crippen LogP contribution in [0.5, 0.6) is 5.75 Å². The second-order valence-electron chi connectivity index (χ2n) is 4.49. The Morgan fingerprint density at radius 1 is 1.35 bits per heavy atom. The summed E-state index contributed by atoms with van der Waals surface area (Å²) in [5, 5.41) is 9.21. The molecule has 1 N–H and O–H groups in total. The van der Waals surface area contributed by atoms with Gasteiger partial charge in [-0.1, -0.05) is 12.1 Å². The Kier molecular flexibility index (Phi) is 2.98. The Hall–Kier alpha value is -2.63. The van der Waals surface area contributed by atoms with E-state index in [1.54, 1.807) is 18.5 Å². The van der Waals surface area contributed by atoms with Crippen LogP contribution in [0.3, 0.4) is 0 Å². The molecule has 0 fully saturated rings. The summed E-state index contributed by atoms with van der Waals surface area (Å²) in [6.07, 6.45) is 2.28. The molecule has 3 rings (SSSR count). The lowest BCUT2D eigenvalue weighted by atomic mass is 10.2. The molecule has 20 heavy (non-hydrogen) atoms. The minimum absolute atomic E-state index is 0.200. The fraction of sp³-hybridized carbons (Fsp3) is 0.214. The van der Waals surface area contributed by atoms with E-state index >= 15 is 0 Å². The average molecular weight is 271 g/mol. The summed E-state index contributed by atoms with van der Waals surface area (Å²) in [4.78, 5) is 21.6. The smallest absolute Gasteiger partial charge is 0.346 e. The van der Waals surface area contributed by atoms with Crippen LogP contribution in [0.4, 0.5) is 11.5 Å². The number of aryl methyl sites for hydroxylation is 1. The van der Waals surface area contributed by atoms with E-state index in [9.17, 15) is 9.90 Å². The zero-order valence-corrected chi connectivity index (χ0v) is 10.9.